The molecule has 0 spiro atoms. The molecule has 2 aromatic carbocycles. The highest BCUT2D eigenvalue weighted by atomic mass is 35.5. The molecule has 3 rings (SSSR count). The summed E-state index contributed by atoms with van der Waals surface area (Å²) in [6.45, 7) is 4.00. The van der Waals surface area contributed by atoms with Crippen molar-refractivity contribution in [2.45, 2.75) is 19.2 Å². The van der Waals surface area contributed by atoms with Gasteiger partial charge in [-0.3, -0.25) is 4.57 Å². The first kappa shape index (κ1) is 13.5. The second kappa shape index (κ2) is 5.12. The monoisotopic (exact) mass is 304 g/mol. The molecule has 2 nitrogen and oxygen atoms in total. The summed E-state index contributed by atoms with van der Waals surface area (Å²) in [4.78, 5) is 4.63. The molecule has 0 amide bonds. The number of hydrogen-bond donors (Lipinski definition) is 0. The normalized spacial score (nSPS) is 12.8. The molecule has 1 atom stereocenters. The third kappa shape index (κ3) is 2.09. The molecule has 0 aliphatic heterocycles. The maximum atomic E-state index is 6.31. The van der Waals surface area contributed by atoms with Crippen molar-refractivity contribution in [3.05, 3.63) is 58.9 Å². The zero-order valence-corrected chi connectivity index (χ0v) is 12.8. The van der Waals surface area contributed by atoms with Crippen LogP contribution >= 0.6 is 23.2 Å². The molecule has 0 fully saturated rings. The van der Waals surface area contributed by atoms with E-state index in [4.69, 9.17) is 23.2 Å². The van der Waals surface area contributed by atoms with Crippen LogP contribution in [0.5, 0.6) is 0 Å². The van der Waals surface area contributed by atoms with Crippen LogP contribution in [0.3, 0.4) is 0 Å². The van der Waals surface area contributed by atoms with Crippen molar-refractivity contribution in [2.75, 3.05) is 0 Å². The summed E-state index contributed by atoms with van der Waals surface area (Å²) in [5.41, 5.74) is 4.03. The van der Waals surface area contributed by atoms with Crippen molar-refractivity contribution in [2.24, 2.45) is 0 Å². The summed E-state index contributed by atoms with van der Waals surface area (Å²) in [6.07, 6.45) is 0. The van der Waals surface area contributed by atoms with Crippen LogP contribution in [0, 0.1) is 6.92 Å². The minimum Gasteiger partial charge on any atom is -0.295 e. The smallest absolute Gasteiger partial charge is 0.132 e. The number of alkyl halides is 1. The molecule has 0 N–H and O–H groups in total. The fraction of sp³-hybridized carbons (Fsp3) is 0.188. The Morgan fingerprint density at radius 3 is 2.55 bits per heavy atom. The van der Waals surface area contributed by atoms with Crippen molar-refractivity contribution in [3.8, 4) is 5.69 Å². The lowest BCUT2D eigenvalue weighted by Crippen LogP contribution is -2.03. The number of fused-ring (bicyclic) bond motifs is 1. The number of halogens is 2. The molecule has 0 aliphatic carbocycles. The van der Waals surface area contributed by atoms with Gasteiger partial charge >= 0.3 is 0 Å². The molecule has 0 saturated carbocycles. The Morgan fingerprint density at radius 1 is 1.10 bits per heavy atom. The number of imidazole rings is 1. The first-order valence-electron chi connectivity index (χ1n) is 6.46. The van der Waals surface area contributed by atoms with Gasteiger partial charge in [-0.2, -0.15) is 0 Å². The number of benzene rings is 2. The molecule has 0 aliphatic rings. The molecule has 20 heavy (non-hydrogen) atoms. The van der Waals surface area contributed by atoms with E-state index in [1.54, 1.807) is 0 Å². The second-order valence-electron chi connectivity index (χ2n) is 4.82. The Balaban J connectivity index is 2.42. The van der Waals surface area contributed by atoms with Gasteiger partial charge in [0.05, 0.1) is 21.6 Å². The Hall–Kier alpha value is -1.51. The predicted octanol–water partition coefficient (Wildman–Crippen LogP) is 5.29. The Labute approximate surface area is 128 Å². The molecule has 0 radical (unpaired) electrons. The topological polar surface area (TPSA) is 17.8 Å². The molecule has 0 bridgehead atoms. The first-order chi connectivity index (χ1) is 9.59. The van der Waals surface area contributed by atoms with E-state index in [0.29, 0.717) is 5.02 Å². The fourth-order valence-electron chi connectivity index (χ4n) is 2.42. The summed E-state index contributed by atoms with van der Waals surface area (Å²) in [5, 5.41) is 0.450. The highest BCUT2D eigenvalue weighted by Crippen LogP contribution is 2.32. The molecule has 102 valence electrons. The van der Waals surface area contributed by atoms with Gasteiger partial charge in [0.15, 0.2) is 0 Å². The van der Waals surface area contributed by atoms with Crippen LogP contribution in [0.1, 0.15) is 23.7 Å². The summed E-state index contributed by atoms with van der Waals surface area (Å²) < 4.78 is 2.09. The van der Waals surface area contributed by atoms with Gasteiger partial charge in [0.2, 0.25) is 0 Å². The van der Waals surface area contributed by atoms with Gasteiger partial charge < -0.3 is 0 Å². The van der Waals surface area contributed by atoms with E-state index in [2.05, 4.69) is 28.6 Å². The molecule has 1 aromatic heterocycles. The molecule has 1 unspecified atom stereocenters. The third-order valence-corrected chi connectivity index (χ3v) is 3.87. The Bertz CT molecular complexity index is 775. The van der Waals surface area contributed by atoms with E-state index in [-0.39, 0.29) is 5.38 Å². The van der Waals surface area contributed by atoms with Gasteiger partial charge in [-0.15, -0.1) is 11.6 Å². The van der Waals surface area contributed by atoms with Crippen LogP contribution in [0.2, 0.25) is 5.02 Å². The standard InChI is InChI=1S/C16H14Cl2N2/c1-10-6-3-4-8-13(10)20-14-9-5-7-12(18)15(14)19-16(20)11(2)17/h3-9,11H,1-2H3. The van der Waals surface area contributed by atoms with Crippen LogP contribution in [0.4, 0.5) is 0 Å². The van der Waals surface area contributed by atoms with Crippen LogP contribution in [-0.2, 0) is 0 Å². The average molecular weight is 305 g/mol. The average Bonchev–Trinajstić information content (AvgIpc) is 2.80. The summed E-state index contributed by atoms with van der Waals surface area (Å²) in [5.74, 6) is 0.809. The third-order valence-electron chi connectivity index (χ3n) is 3.37. The van der Waals surface area contributed by atoms with Crippen LogP contribution in [0.15, 0.2) is 42.5 Å². The number of aryl methyl sites for hydroxylation is 1. The zero-order chi connectivity index (χ0) is 14.3. The number of hydrogen-bond acceptors (Lipinski definition) is 1. The molecule has 4 heteroatoms. The number of rotatable bonds is 2. The minimum atomic E-state index is -0.196. The van der Waals surface area contributed by atoms with Gasteiger partial charge in [0, 0.05) is 0 Å². The van der Waals surface area contributed by atoms with Gasteiger partial charge in [0.25, 0.3) is 0 Å². The summed E-state index contributed by atoms with van der Waals surface area (Å²) in [6, 6.07) is 14.0. The van der Waals surface area contributed by atoms with Gasteiger partial charge in [-0.05, 0) is 37.6 Å². The van der Waals surface area contributed by atoms with Crippen LogP contribution in [0.25, 0.3) is 16.7 Å². The van der Waals surface area contributed by atoms with E-state index in [1.165, 1.54) is 5.56 Å². The molecular formula is C16H14Cl2N2. The maximum absolute atomic E-state index is 6.31. The van der Waals surface area contributed by atoms with E-state index >= 15 is 0 Å². The highest BCUT2D eigenvalue weighted by Gasteiger charge is 2.18. The number of nitrogens with zero attached hydrogens (tertiary/aromatic N) is 2. The SMILES string of the molecule is Cc1ccccc1-n1c(C(C)Cl)nc2c(Cl)cccc21. The lowest BCUT2D eigenvalue weighted by Gasteiger charge is -2.13. The molecule has 1 heterocycles. The van der Waals surface area contributed by atoms with E-state index in [1.807, 2.05) is 37.3 Å². The van der Waals surface area contributed by atoms with Crippen LogP contribution < -0.4 is 0 Å². The number of aromatic nitrogens is 2. The lowest BCUT2D eigenvalue weighted by atomic mass is 10.2. The minimum absolute atomic E-state index is 0.196. The first-order valence-corrected chi connectivity index (χ1v) is 7.28. The number of para-hydroxylation sites is 2. The van der Waals surface area contributed by atoms with Crippen molar-refractivity contribution in [1.29, 1.82) is 0 Å². The van der Waals surface area contributed by atoms with Gasteiger partial charge in [0.1, 0.15) is 11.3 Å². The predicted molar refractivity (Wildman–Crippen MR) is 85.1 cm³/mol. The van der Waals surface area contributed by atoms with E-state index in [0.717, 1.165) is 22.5 Å². The maximum Gasteiger partial charge on any atom is 0.132 e. The van der Waals surface area contributed by atoms with Gasteiger partial charge in [-0.1, -0.05) is 35.9 Å². The van der Waals surface area contributed by atoms with E-state index in [9.17, 15) is 0 Å². The second-order valence-corrected chi connectivity index (χ2v) is 5.88. The van der Waals surface area contributed by atoms with Crippen molar-refractivity contribution in [3.63, 3.8) is 0 Å². The molecule has 0 saturated heterocycles. The zero-order valence-electron chi connectivity index (χ0n) is 11.3. The molecule has 3 aromatic rings. The van der Waals surface area contributed by atoms with Gasteiger partial charge in [-0.25, -0.2) is 4.98 Å². The van der Waals surface area contributed by atoms with Crippen LogP contribution in [-0.4, -0.2) is 9.55 Å². The fourth-order valence-corrected chi connectivity index (χ4v) is 2.78. The quantitative estimate of drug-likeness (QED) is 0.588. The largest absolute Gasteiger partial charge is 0.295 e. The molecular weight excluding hydrogens is 291 g/mol. The lowest BCUT2D eigenvalue weighted by molar-refractivity contribution is 0.878. The van der Waals surface area contributed by atoms with Crippen molar-refractivity contribution < 1.29 is 0 Å². The Kier molecular flexibility index (Phi) is 3.45. The Morgan fingerprint density at radius 2 is 1.85 bits per heavy atom. The van der Waals surface area contributed by atoms with E-state index < -0.39 is 0 Å². The highest BCUT2D eigenvalue weighted by molar-refractivity contribution is 6.35. The summed E-state index contributed by atoms with van der Waals surface area (Å²) >= 11 is 12.6. The van der Waals surface area contributed by atoms with Crippen molar-refractivity contribution in [1.82, 2.24) is 9.55 Å². The summed E-state index contributed by atoms with van der Waals surface area (Å²) in [7, 11) is 0. The van der Waals surface area contributed by atoms with Crippen molar-refractivity contribution >= 4 is 34.2 Å².